The maximum absolute atomic E-state index is 13.0. The fraction of sp³-hybridized carbons (Fsp3) is 0.412. The Bertz CT molecular complexity index is 2060. The third kappa shape index (κ3) is 7.16. The number of aromatic hydroxyl groups is 1. The van der Waals surface area contributed by atoms with Crippen LogP contribution < -0.4 is 15.6 Å². The molecule has 0 bridgehead atoms. The Balaban J connectivity index is 1.15. The number of aryl methyl sites for hydroxylation is 2. The number of hydrogen-bond donors (Lipinski definition) is 5. The second-order valence-electron chi connectivity index (χ2n) is 12.4. The number of imidazole rings is 1. The van der Waals surface area contributed by atoms with Crippen LogP contribution in [0.4, 0.5) is 5.69 Å². The number of anilines is 1. The van der Waals surface area contributed by atoms with Crippen LogP contribution in [-0.2, 0) is 9.84 Å². The first kappa shape index (κ1) is 32.6. The van der Waals surface area contributed by atoms with Gasteiger partial charge in [0.1, 0.15) is 29.8 Å². The molecule has 1 fully saturated rings. The lowest BCUT2D eigenvalue weighted by atomic mass is 10.1. The lowest BCUT2D eigenvalue weighted by Crippen LogP contribution is -2.37. The first-order valence-electron chi connectivity index (χ1n) is 16.0. The maximum Gasteiger partial charge on any atom is 0.261 e. The second-order valence-corrected chi connectivity index (χ2v) is 14.9. The SMILES string of the molecule is CCS(=O)(=O)CCN1CCC(n2cc3cc4[nH]c(-c5c(NC[C@@H](O)COc6ccc(C)cc6C)cc[nH]c5=O)nc4cc3c2O)CC1. The molecule has 47 heavy (non-hydrogen) atoms. The minimum atomic E-state index is -3.00. The first-order chi connectivity index (χ1) is 22.5. The molecule has 250 valence electrons. The highest BCUT2D eigenvalue weighted by Crippen LogP contribution is 2.36. The van der Waals surface area contributed by atoms with E-state index in [0.717, 1.165) is 42.4 Å². The smallest absolute Gasteiger partial charge is 0.261 e. The van der Waals surface area contributed by atoms with E-state index < -0.39 is 15.9 Å². The zero-order chi connectivity index (χ0) is 33.3. The van der Waals surface area contributed by atoms with E-state index in [0.29, 0.717) is 45.8 Å². The highest BCUT2D eigenvalue weighted by Gasteiger charge is 2.25. The van der Waals surface area contributed by atoms with Crippen LogP contribution in [0.3, 0.4) is 0 Å². The van der Waals surface area contributed by atoms with E-state index in [-0.39, 0.29) is 42.1 Å². The van der Waals surface area contributed by atoms with Crippen molar-refractivity contribution in [1.82, 2.24) is 24.4 Å². The molecule has 1 aliphatic rings. The topological polar surface area (TPSA) is 166 Å². The number of pyridine rings is 1. The van der Waals surface area contributed by atoms with Gasteiger partial charge in [0.2, 0.25) is 0 Å². The van der Waals surface area contributed by atoms with Crippen LogP contribution in [-0.4, -0.2) is 93.4 Å². The molecule has 3 aromatic heterocycles. The number of H-pyrrole nitrogens is 2. The average molecular weight is 663 g/mol. The van der Waals surface area contributed by atoms with Gasteiger partial charge in [-0.15, -0.1) is 0 Å². The molecule has 1 atom stereocenters. The molecule has 6 rings (SSSR count). The fourth-order valence-corrected chi connectivity index (χ4v) is 7.07. The molecule has 0 saturated carbocycles. The minimum Gasteiger partial charge on any atom is -0.494 e. The minimum absolute atomic E-state index is 0.0848. The highest BCUT2D eigenvalue weighted by molar-refractivity contribution is 7.91. The Morgan fingerprint density at radius 1 is 1.15 bits per heavy atom. The van der Waals surface area contributed by atoms with Crippen molar-refractivity contribution in [2.45, 2.75) is 45.8 Å². The summed E-state index contributed by atoms with van der Waals surface area (Å²) in [5.74, 6) is 1.57. The molecule has 13 heteroatoms. The van der Waals surface area contributed by atoms with Gasteiger partial charge in [-0.05, 0) is 56.5 Å². The van der Waals surface area contributed by atoms with Gasteiger partial charge < -0.3 is 39.7 Å². The van der Waals surface area contributed by atoms with Gasteiger partial charge in [-0.2, -0.15) is 0 Å². The number of piperidine rings is 1. The Labute approximate surface area is 273 Å². The van der Waals surface area contributed by atoms with E-state index in [1.807, 2.05) is 54.9 Å². The van der Waals surface area contributed by atoms with Crippen molar-refractivity contribution < 1.29 is 23.4 Å². The zero-order valence-corrected chi connectivity index (χ0v) is 27.7. The van der Waals surface area contributed by atoms with E-state index in [2.05, 4.69) is 20.2 Å². The van der Waals surface area contributed by atoms with Gasteiger partial charge in [-0.3, -0.25) is 4.79 Å². The fourth-order valence-electron chi connectivity index (χ4n) is 6.25. The number of likely N-dealkylation sites (tertiary alicyclic amines) is 1. The number of aliphatic hydroxyl groups excluding tert-OH is 1. The molecule has 5 aromatic rings. The summed E-state index contributed by atoms with van der Waals surface area (Å²) < 4.78 is 31.5. The summed E-state index contributed by atoms with van der Waals surface area (Å²) in [5.41, 5.74) is 3.93. The number of aromatic nitrogens is 4. The number of fused-ring (bicyclic) bond motifs is 2. The molecule has 12 nitrogen and oxygen atoms in total. The van der Waals surface area contributed by atoms with E-state index in [1.54, 1.807) is 13.0 Å². The molecule has 4 heterocycles. The third-order valence-corrected chi connectivity index (χ3v) is 10.7. The normalized spacial score (nSPS) is 15.4. The summed E-state index contributed by atoms with van der Waals surface area (Å²) in [6, 6.07) is 11.4. The lowest BCUT2D eigenvalue weighted by Gasteiger charge is -2.32. The number of ether oxygens (including phenoxy) is 1. The summed E-state index contributed by atoms with van der Waals surface area (Å²) in [7, 11) is -3.00. The van der Waals surface area contributed by atoms with Crippen LogP contribution in [0, 0.1) is 13.8 Å². The average Bonchev–Trinajstić information content (AvgIpc) is 3.61. The van der Waals surface area contributed by atoms with Crippen molar-refractivity contribution in [2.24, 2.45) is 0 Å². The lowest BCUT2D eigenvalue weighted by molar-refractivity contribution is 0.117. The van der Waals surface area contributed by atoms with Gasteiger partial charge in [0.15, 0.2) is 15.7 Å². The van der Waals surface area contributed by atoms with Crippen molar-refractivity contribution in [1.29, 1.82) is 0 Å². The van der Waals surface area contributed by atoms with E-state index >= 15 is 0 Å². The number of nitrogens with one attached hydrogen (secondary N) is 3. The van der Waals surface area contributed by atoms with Gasteiger partial charge in [-0.25, -0.2) is 13.4 Å². The largest absolute Gasteiger partial charge is 0.494 e. The van der Waals surface area contributed by atoms with Gasteiger partial charge in [0, 0.05) is 61.1 Å². The van der Waals surface area contributed by atoms with Crippen molar-refractivity contribution in [3.63, 3.8) is 0 Å². The summed E-state index contributed by atoms with van der Waals surface area (Å²) in [6.45, 7) is 7.95. The first-order valence-corrected chi connectivity index (χ1v) is 17.8. The summed E-state index contributed by atoms with van der Waals surface area (Å²) >= 11 is 0. The predicted molar refractivity (Wildman–Crippen MR) is 184 cm³/mol. The molecule has 2 aromatic carbocycles. The Morgan fingerprint density at radius 3 is 2.68 bits per heavy atom. The van der Waals surface area contributed by atoms with E-state index in [9.17, 15) is 23.4 Å². The molecule has 1 saturated heterocycles. The molecule has 0 spiro atoms. The Morgan fingerprint density at radius 2 is 1.94 bits per heavy atom. The third-order valence-electron chi connectivity index (χ3n) is 9.01. The van der Waals surface area contributed by atoms with Gasteiger partial charge in [0.25, 0.3) is 5.56 Å². The summed E-state index contributed by atoms with van der Waals surface area (Å²) in [4.78, 5) is 25.9. The van der Waals surface area contributed by atoms with Gasteiger partial charge >= 0.3 is 0 Å². The number of rotatable bonds is 12. The van der Waals surface area contributed by atoms with Crippen LogP contribution in [0.2, 0.25) is 0 Å². The molecule has 1 aliphatic heterocycles. The summed E-state index contributed by atoms with van der Waals surface area (Å²) in [5, 5.41) is 26.5. The Hall–Kier alpha value is -4.33. The number of sulfone groups is 1. The van der Waals surface area contributed by atoms with Crippen LogP contribution in [0.5, 0.6) is 11.6 Å². The molecule has 0 amide bonds. The number of nitrogens with zero attached hydrogens (tertiary/aromatic N) is 3. The van der Waals surface area contributed by atoms with Crippen molar-refractivity contribution in [2.75, 3.05) is 49.6 Å². The monoisotopic (exact) mass is 662 g/mol. The van der Waals surface area contributed by atoms with E-state index in [4.69, 9.17) is 9.72 Å². The van der Waals surface area contributed by atoms with Crippen LogP contribution in [0.25, 0.3) is 33.2 Å². The second kappa shape index (κ2) is 13.4. The standard InChI is InChI=1S/C34H42N6O6S/c1-4-47(44,45)14-13-39-11-8-24(9-12-39)40-19-23-16-28-29(17-26(23)34(40)43)38-32(37-28)31-27(7-10-35-33(31)42)36-18-25(41)20-46-30-6-5-21(2)15-22(30)3/h5-7,10,15-17,19,24-25,41,43H,4,8-9,11-14,18,20H2,1-3H3,(H,37,38)(H2,35,36,42)/t25-/m1/s1. The van der Waals surface area contributed by atoms with Crippen LogP contribution in [0.1, 0.15) is 36.9 Å². The molecule has 5 N–H and O–H groups in total. The van der Waals surface area contributed by atoms with Crippen molar-refractivity contribution in [3.05, 3.63) is 70.3 Å². The predicted octanol–water partition coefficient (Wildman–Crippen LogP) is 4.12. The Kier molecular flexibility index (Phi) is 9.31. The quantitative estimate of drug-likeness (QED) is 0.132. The zero-order valence-electron chi connectivity index (χ0n) is 26.9. The molecular weight excluding hydrogens is 620 g/mol. The molecule has 0 unspecified atom stereocenters. The van der Waals surface area contributed by atoms with Gasteiger partial charge in [0.05, 0.1) is 22.5 Å². The highest BCUT2D eigenvalue weighted by atomic mass is 32.2. The molecular formula is C34H42N6O6S. The van der Waals surface area contributed by atoms with Gasteiger partial charge in [-0.1, -0.05) is 24.6 Å². The van der Waals surface area contributed by atoms with Crippen molar-refractivity contribution in [3.8, 4) is 23.0 Å². The van der Waals surface area contributed by atoms with Crippen LogP contribution in [0.15, 0.2) is 53.6 Å². The molecule has 0 aliphatic carbocycles. The number of hydrogen-bond acceptors (Lipinski definition) is 9. The van der Waals surface area contributed by atoms with E-state index in [1.165, 1.54) is 6.20 Å². The number of aromatic amines is 2. The number of aliphatic hydroxyl groups is 1. The van der Waals surface area contributed by atoms with Crippen LogP contribution >= 0.6 is 0 Å². The van der Waals surface area contributed by atoms with Crippen molar-refractivity contribution >= 4 is 37.3 Å². The number of benzene rings is 2. The summed E-state index contributed by atoms with van der Waals surface area (Å²) in [6.07, 6.45) is 4.26. The molecule has 0 radical (unpaired) electrons. The maximum atomic E-state index is 13.0.